The first-order valence-corrected chi connectivity index (χ1v) is 9.29. The molecule has 0 spiro atoms. The number of carbonyl (C=O) groups is 1. The number of ether oxygens (including phenoxy) is 1. The van der Waals surface area contributed by atoms with Gasteiger partial charge in [-0.2, -0.15) is 0 Å². The number of phenols is 1. The van der Waals surface area contributed by atoms with Crippen LogP contribution in [0.25, 0.3) is 0 Å². The van der Waals surface area contributed by atoms with Crippen molar-refractivity contribution in [1.29, 1.82) is 0 Å². The number of furan rings is 1. The molecule has 0 unspecified atom stereocenters. The molecule has 0 bridgehead atoms. The van der Waals surface area contributed by atoms with Crippen LogP contribution in [0.4, 0.5) is 5.69 Å². The molecule has 1 aliphatic heterocycles. The molecule has 4 rings (SSSR count). The van der Waals surface area contributed by atoms with Gasteiger partial charge in [-0.05, 0) is 30.3 Å². The third-order valence-corrected chi connectivity index (χ3v) is 4.87. The topological polar surface area (TPSA) is 66.2 Å². The van der Waals surface area contributed by atoms with E-state index in [4.69, 9.17) is 9.15 Å². The third kappa shape index (κ3) is 3.81. The highest BCUT2D eigenvalue weighted by molar-refractivity contribution is 5.93. The maximum absolute atomic E-state index is 12.9. The van der Waals surface area contributed by atoms with Crippen LogP contribution >= 0.6 is 0 Å². The van der Waals surface area contributed by atoms with Gasteiger partial charge in [0.05, 0.1) is 12.0 Å². The Bertz CT molecular complexity index is 930. The van der Waals surface area contributed by atoms with E-state index in [1.54, 1.807) is 23.1 Å². The van der Waals surface area contributed by atoms with Crippen LogP contribution in [-0.4, -0.2) is 42.1 Å². The number of nitrogens with zero attached hydrogens (tertiary/aromatic N) is 2. The van der Waals surface area contributed by atoms with E-state index in [2.05, 4.69) is 4.90 Å². The van der Waals surface area contributed by atoms with E-state index >= 15 is 0 Å². The molecule has 2 heterocycles. The van der Waals surface area contributed by atoms with Crippen LogP contribution < -0.4 is 9.64 Å². The Balaban J connectivity index is 1.38. The molecule has 1 amide bonds. The van der Waals surface area contributed by atoms with Gasteiger partial charge < -0.3 is 24.1 Å². The Morgan fingerprint density at radius 3 is 2.43 bits per heavy atom. The molecule has 1 aromatic heterocycles. The van der Waals surface area contributed by atoms with E-state index in [0.717, 1.165) is 17.0 Å². The number of benzene rings is 2. The molecule has 1 saturated heterocycles. The molecule has 6 nitrogen and oxygen atoms in total. The molecule has 0 radical (unpaired) electrons. The number of piperazine rings is 1. The molecule has 0 saturated carbocycles. The zero-order valence-electron chi connectivity index (χ0n) is 15.5. The Hall–Kier alpha value is -3.41. The number of aromatic hydroxyl groups is 1. The largest absolute Gasteiger partial charge is 0.506 e. The van der Waals surface area contributed by atoms with Crippen LogP contribution in [-0.2, 0) is 6.61 Å². The van der Waals surface area contributed by atoms with Gasteiger partial charge in [0.15, 0.2) is 5.76 Å². The van der Waals surface area contributed by atoms with Gasteiger partial charge in [-0.15, -0.1) is 0 Å². The molecule has 0 aliphatic carbocycles. The van der Waals surface area contributed by atoms with E-state index < -0.39 is 0 Å². The fourth-order valence-corrected chi connectivity index (χ4v) is 3.34. The molecule has 1 fully saturated rings. The van der Waals surface area contributed by atoms with E-state index in [-0.39, 0.29) is 18.3 Å². The van der Waals surface area contributed by atoms with Gasteiger partial charge in [0.1, 0.15) is 18.1 Å². The fraction of sp³-hybridized carbons (Fsp3) is 0.227. The number of carbonyl (C=O) groups excluding carboxylic acids is 1. The molecule has 6 heteroatoms. The highest BCUT2D eigenvalue weighted by Crippen LogP contribution is 2.27. The second-order valence-corrected chi connectivity index (χ2v) is 6.64. The van der Waals surface area contributed by atoms with Gasteiger partial charge in [0.25, 0.3) is 5.91 Å². The molecule has 28 heavy (non-hydrogen) atoms. The van der Waals surface area contributed by atoms with E-state index in [0.29, 0.717) is 31.9 Å². The minimum Gasteiger partial charge on any atom is -0.506 e. The first-order valence-electron chi connectivity index (χ1n) is 9.29. The fourth-order valence-electron chi connectivity index (χ4n) is 3.34. The van der Waals surface area contributed by atoms with Gasteiger partial charge in [-0.25, -0.2) is 0 Å². The zero-order chi connectivity index (χ0) is 19.3. The van der Waals surface area contributed by atoms with E-state index in [9.17, 15) is 9.90 Å². The summed E-state index contributed by atoms with van der Waals surface area (Å²) in [4.78, 5) is 16.8. The second kappa shape index (κ2) is 8.08. The zero-order valence-corrected chi connectivity index (χ0v) is 15.5. The normalized spacial score (nSPS) is 14.1. The number of anilines is 1. The Labute approximate surface area is 163 Å². The molecule has 0 atom stereocenters. The number of hydrogen-bond acceptors (Lipinski definition) is 5. The smallest absolute Gasteiger partial charge is 0.290 e. The standard InChI is InChI=1S/C22H22N2O4/c25-20-9-5-4-8-19(20)23-11-13-24(14-12-23)22(26)21-17(10-15-27-21)16-28-18-6-2-1-3-7-18/h1-10,15,25H,11-14,16H2. The predicted octanol–water partition coefficient (Wildman–Crippen LogP) is 3.53. The molecule has 2 aromatic carbocycles. The monoisotopic (exact) mass is 378 g/mol. The van der Waals surface area contributed by atoms with Gasteiger partial charge in [-0.1, -0.05) is 30.3 Å². The lowest BCUT2D eigenvalue weighted by molar-refractivity contribution is 0.0711. The molecule has 1 N–H and O–H groups in total. The lowest BCUT2D eigenvalue weighted by atomic mass is 10.2. The number of phenolic OH excluding ortho intramolecular Hbond substituents is 1. The van der Waals surface area contributed by atoms with Crippen LogP contribution in [0.1, 0.15) is 16.1 Å². The van der Waals surface area contributed by atoms with Crippen LogP contribution in [0.2, 0.25) is 0 Å². The van der Waals surface area contributed by atoms with Crippen molar-refractivity contribution in [2.24, 2.45) is 0 Å². The lowest BCUT2D eigenvalue weighted by Crippen LogP contribution is -2.48. The average Bonchev–Trinajstić information content (AvgIpc) is 3.22. The molecule has 144 valence electrons. The molecular formula is C22H22N2O4. The van der Waals surface area contributed by atoms with Crippen LogP contribution in [0, 0.1) is 0 Å². The summed E-state index contributed by atoms with van der Waals surface area (Å²) in [6, 6.07) is 18.5. The highest BCUT2D eigenvalue weighted by atomic mass is 16.5. The second-order valence-electron chi connectivity index (χ2n) is 6.64. The molecular weight excluding hydrogens is 356 g/mol. The molecule has 1 aliphatic rings. The van der Waals surface area contributed by atoms with Crippen molar-refractivity contribution in [3.05, 3.63) is 78.3 Å². The lowest BCUT2D eigenvalue weighted by Gasteiger charge is -2.36. The maximum Gasteiger partial charge on any atom is 0.290 e. The summed E-state index contributed by atoms with van der Waals surface area (Å²) in [6.45, 7) is 2.71. The summed E-state index contributed by atoms with van der Waals surface area (Å²) in [6.07, 6.45) is 1.52. The first kappa shape index (κ1) is 18.0. The van der Waals surface area contributed by atoms with Gasteiger partial charge >= 0.3 is 0 Å². The Morgan fingerprint density at radius 2 is 1.68 bits per heavy atom. The van der Waals surface area contributed by atoms with Crippen LogP contribution in [0.5, 0.6) is 11.5 Å². The van der Waals surface area contributed by atoms with Crippen molar-refractivity contribution in [1.82, 2.24) is 4.90 Å². The van der Waals surface area contributed by atoms with Crippen molar-refractivity contribution in [3.8, 4) is 11.5 Å². The number of hydrogen-bond donors (Lipinski definition) is 1. The van der Waals surface area contributed by atoms with E-state index in [1.807, 2.05) is 42.5 Å². The van der Waals surface area contributed by atoms with Gasteiger partial charge in [-0.3, -0.25) is 4.79 Å². The predicted molar refractivity (Wildman–Crippen MR) is 106 cm³/mol. The Kier molecular flexibility index (Phi) is 5.19. The van der Waals surface area contributed by atoms with E-state index in [1.165, 1.54) is 6.26 Å². The number of amides is 1. The summed E-state index contributed by atoms with van der Waals surface area (Å²) in [5, 5.41) is 10.0. The van der Waals surface area contributed by atoms with Gasteiger partial charge in [0.2, 0.25) is 0 Å². The summed E-state index contributed by atoms with van der Waals surface area (Å²) in [5.74, 6) is 1.20. The van der Waals surface area contributed by atoms with Crippen molar-refractivity contribution < 1.29 is 19.1 Å². The summed E-state index contributed by atoms with van der Waals surface area (Å²) >= 11 is 0. The van der Waals surface area contributed by atoms with Crippen molar-refractivity contribution >= 4 is 11.6 Å². The number of rotatable bonds is 5. The van der Waals surface area contributed by atoms with Crippen molar-refractivity contribution in [3.63, 3.8) is 0 Å². The summed E-state index contributed by atoms with van der Waals surface area (Å²) in [5.41, 5.74) is 1.53. The SMILES string of the molecule is O=C(c1occc1COc1ccccc1)N1CCN(c2ccccc2O)CC1. The Morgan fingerprint density at radius 1 is 0.964 bits per heavy atom. The quantitative estimate of drug-likeness (QED) is 0.736. The number of para-hydroxylation sites is 3. The summed E-state index contributed by atoms with van der Waals surface area (Å²) < 4.78 is 11.2. The van der Waals surface area contributed by atoms with Crippen LogP contribution in [0.15, 0.2) is 71.3 Å². The van der Waals surface area contributed by atoms with Crippen molar-refractivity contribution in [2.45, 2.75) is 6.61 Å². The first-order chi connectivity index (χ1) is 13.7. The minimum absolute atomic E-state index is 0.131. The summed E-state index contributed by atoms with van der Waals surface area (Å²) in [7, 11) is 0. The highest BCUT2D eigenvalue weighted by Gasteiger charge is 2.27. The molecule has 3 aromatic rings. The van der Waals surface area contributed by atoms with Crippen molar-refractivity contribution in [2.75, 3.05) is 31.1 Å². The minimum atomic E-state index is -0.131. The van der Waals surface area contributed by atoms with Crippen LogP contribution in [0.3, 0.4) is 0 Å². The average molecular weight is 378 g/mol. The van der Waals surface area contributed by atoms with Gasteiger partial charge in [0, 0.05) is 31.7 Å². The maximum atomic E-state index is 12.9. The third-order valence-electron chi connectivity index (χ3n) is 4.87.